The van der Waals surface area contributed by atoms with Crippen molar-refractivity contribution in [3.05, 3.63) is 58.4 Å². The number of nitrogens with zero attached hydrogens (tertiary/aromatic N) is 2. The van der Waals surface area contributed by atoms with Gasteiger partial charge >= 0.3 is 0 Å². The second kappa shape index (κ2) is 5.20. The van der Waals surface area contributed by atoms with Crippen LogP contribution in [0.1, 0.15) is 0 Å². The maximum atomic E-state index is 4.65. The predicted molar refractivity (Wildman–Crippen MR) is 91.0 cm³/mol. The van der Waals surface area contributed by atoms with E-state index in [1.54, 1.807) is 11.3 Å². The Balaban J connectivity index is 0.00000121. The third-order valence-corrected chi connectivity index (χ3v) is 4.54. The molecule has 0 aliphatic carbocycles. The van der Waals surface area contributed by atoms with Crippen molar-refractivity contribution in [2.45, 2.75) is 0 Å². The average molecular weight is 366 g/mol. The number of aromatic nitrogens is 2. The maximum Gasteiger partial charge on any atom is 0.195 e. The molecule has 2 aromatic heterocycles. The zero-order chi connectivity index (χ0) is 12.8. The first-order valence-corrected chi connectivity index (χ1v) is 7.61. The van der Waals surface area contributed by atoms with Crippen LogP contribution in [0.3, 0.4) is 0 Å². The minimum atomic E-state index is 0. The smallest absolute Gasteiger partial charge is 0.195 e. The van der Waals surface area contributed by atoms with Crippen LogP contribution in [-0.2, 0) is 0 Å². The molecular formula is C15H10BrClN2S. The van der Waals surface area contributed by atoms with Crippen LogP contribution in [0.5, 0.6) is 0 Å². The van der Waals surface area contributed by atoms with Crippen LogP contribution in [0.25, 0.3) is 27.3 Å². The van der Waals surface area contributed by atoms with Gasteiger partial charge in [0.05, 0.1) is 16.7 Å². The van der Waals surface area contributed by atoms with E-state index >= 15 is 0 Å². The molecule has 0 aliphatic rings. The highest BCUT2D eigenvalue weighted by molar-refractivity contribution is 9.10. The molecular weight excluding hydrogens is 356 g/mol. The molecule has 4 aromatic rings. The van der Waals surface area contributed by atoms with E-state index in [4.69, 9.17) is 0 Å². The highest BCUT2D eigenvalue weighted by Gasteiger charge is 2.11. The normalized spacial score (nSPS) is 10.8. The molecule has 0 saturated carbocycles. The Morgan fingerprint density at radius 3 is 2.55 bits per heavy atom. The molecule has 100 valence electrons. The Kier molecular flexibility index (Phi) is 3.54. The zero-order valence-electron chi connectivity index (χ0n) is 10.3. The van der Waals surface area contributed by atoms with Crippen molar-refractivity contribution in [3.63, 3.8) is 0 Å². The number of imidazole rings is 1. The Morgan fingerprint density at radius 1 is 1.00 bits per heavy atom. The van der Waals surface area contributed by atoms with E-state index < -0.39 is 0 Å². The Labute approximate surface area is 134 Å². The lowest BCUT2D eigenvalue weighted by molar-refractivity contribution is 1.28. The van der Waals surface area contributed by atoms with Gasteiger partial charge in [-0.2, -0.15) is 0 Å². The van der Waals surface area contributed by atoms with Crippen LogP contribution in [0.15, 0.2) is 58.4 Å². The SMILES string of the molecule is Brc1ccc(-c2csc3nc4ccccc4n23)cc1.Cl. The van der Waals surface area contributed by atoms with Gasteiger partial charge < -0.3 is 0 Å². The fourth-order valence-corrected chi connectivity index (χ4v) is 3.47. The van der Waals surface area contributed by atoms with E-state index in [0.29, 0.717) is 0 Å². The molecule has 0 saturated heterocycles. The molecule has 2 nitrogen and oxygen atoms in total. The average Bonchev–Trinajstić information content (AvgIpc) is 2.98. The molecule has 0 unspecified atom stereocenters. The van der Waals surface area contributed by atoms with E-state index in [-0.39, 0.29) is 12.4 Å². The molecule has 4 rings (SSSR count). The molecule has 0 aliphatic heterocycles. The Bertz CT molecular complexity index is 880. The van der Waals surface area contributed by atoms with Crippen LogP contribution in [0, 0.1) is 0 Å². The Hall–Kier alpha value is -1.36. The van der Waals surface area contributed by atoms with Crippen molar-refractivity contribution in [1.29, 1.82) is 0 Å². The molecule has 0 radical (unpaired) electrons. The van der Waals surface area contributed by atoms with Crippen LogP contribution in [0.4, 0.5) is 0 Å². The van der Waals surface area contributed by atoms with Gasteiger partial charge in [-0.25, -0.2) is 4.98 Å². The molecule has 2 heterocycles. The van der Waals surface area contributed by atoms with Crippen molar-refractivity contribution in [2.75, 3.05) is 0 Å². The summed E-state index contributed by atoms with van der Waals surface area (Å²) in [5.41, 5.74) is 4.61. The fraction of sp³-hybridized carbons (Fsp3) is 0. The van der Waals surface area contributed by atoms with E-state index in [9.17, 15) is 0 Å². The highest BCUT2D eigenvalue weighted by Crippen LogP contribution is 2.30. The van der Waals surface area contributed by atoms with E-state index in [0.717, 1.165) is 20.5 Å². The number of fused-ring (bicyclic) bond motifs is 3. The maximum absolute atomic E-state index is 4.65. The molecule has 0 bridgehead atoms. The van der Waals surface area contributed by atoms with Crippen molar-refractivity contribution < 1.29 is 0 Å². The molecule has 0 N–H and O–H groups in total. The van der Waals surface area contributed by atoms with Gasteiger partial charge in [-0.3, -0.25) is 4.40 Å². The molecule has 5 heteroatoms. The topological polar surface area (TPSA) is 17.3 Å². The quantitative estimate of drug-likeness (QED) is 0.441. The van der Waals surface area contributed by atoms with Gasteiger partial charge in [-0.1, -0.05) is 40.2 Å². The summed E-state index contributed by atoms with van der Waals surface area (Å²) < 4.78 is 3.32. The van der Waals surface area contributed by atoms with Gasteiger partial charge in [0.2, 0.25) is 0 Å². The summed E-state index contributed by atoms with van der Waals surface area (Å²) in [5.74, 6) is 0. The first-order chi connectivity index (χ1) is 9.33. The zero-order valence-corrected chi connectivity index (χ0v) is 13.5. The summed E-state index contributed by atoms with van der Waals surface area (Å²) in [6.07, 6.45) is 0. The third-order valence-electron chi connectivity index (χ3n) is 3.19. The van der Waals surface area contributed by atoms with E-state index in [2.05, 4.69) is 73.2 Å². The predicted octanol–water partition coefficient (Wildman–Crippen LogP) is 5.40. The van der Waals surface area contributed by atoms with Crippen LogP contribution >= 0.6 is 39.7 Å². The van der Waals surface area contributed by atoms with Gasteiger partial charge in [-0.05, 0) is 29.8 Å². The van der Waals surface area contributed by atoms with E-state index in [1.807, 2.05) is 6.07 Å². The lowest BCUT2D eigenvalue weighted by atomic mass is 10.2. The third kappa shape index (κ3) is 2.04. The molecule has 20 heavy (non-hydrogen) atoms. The molecule has 0 atom stereocenters. The largest absolute Gasteiger partial charge is 0.283 e. The summed E-state index contributed by atoms with van der Waals surface area (Å²) in [4.78, 5) is 5.69. The van der Waals surface area contributed by atoms with Crippen molar-refractivity contribution in [3.8, 4) is 11.3 Å². The monoisotopic (exact) mass is 364 g/mol. The second-order valence-electron chi connectivity index (χ2n) is 4.35. The van der Waals surface area contributed by atoms with Gasteiger partial charge in [0.15, 0.2) is 4.96 Å². The molecule has 0 fully saturated rings. The summed E-state index contributed by atoms with van der Waals surface area (Å²) in [6.45, 7) is 0. The van der Waals surface area contributed by atoms with Gasteiger partial charge in [-0.15, -0.1) is 23.7 Å². The number of thiazole rings is 1. The van der Waals surface area contributed by atoms with Crippen LogP contribution < -0.4 is 0 Å². The summed E-state index contributed by atoms with van der Waals surface area (Å²) in [7, 11) is 0. The van der Waals surface area contributed by atoms with Crippen LogP contribution in [0.2, 0.25) is 0 Å². The summed E-state index contributed by atoms with van der Waals surface area (Å²) in [5, 5.41) is 2.16. The van der Waals surface area contributed by atoms with Gasteiger partial charge in [0, 0.05) is 9.85 Å². The van der Waals surface area contributed by atoms with Crippen LogP contribution in [-0.4, -0.2) is 9.38 Å². The molecule has 0 spiro atoms. The van der Waals surface area contributed by atoms with Crippen molar-refractivity contribution in [1.82, 2.24) is 9.38 Å². The number of hydrogen-bond donors (Lipinski definition) is 0. The molecule has 0 amide bonds. The number of halogens is 2. The van der Waals surface area contributed by atoms with Crippen molar-refractivity contribution in [2.24, 2.45) is 0 Å². The first-order valence-electron chi connectivity index (χ1n) is 5.93. The Morgan fingerprint density at radius 2 is 1.75 bits per heavy atom. The van der Waals surface area contributed by atoms with Crippen molar-refractivity contribution >= 4 is 55.7 Å². The van der Waals surface area contributed by atoms with E-state index in [1.165, 1.54) is 11.3 Å². The lowest BCUT2D eigenvalue weighted by Crippen LogP contribution is -1.85. The number of benzene rings is 2. The summed E-state index contributed by atoms with van der Waals surface area (Å²) in [6, 6.07) is 16.6. The minimum Gasteiger partial charge on any atom is -0.283 e. The van der Waals surface area contributed by atoms with Gasteiger partial charge in [0.25, 0.3) is 0 Å². The number of hydrogen-bond acceptors (Lipinski definition) is 2. The highest BCUT2D eigenvalue weighted by atomic mass is 79.9. The van der Waals surface area contributed by atoms with Gasteiger partial charge in [0.1, 0.15) is 0 Å². The standard InChI is InChI=1S/C15H9BrN2S.ClH/c16-11-7-5-10(6-8-11)14-9-19-15-17-12-3-1-2-4-13(12)18(14)15;/h1-9H;1H. The number of rotatable bonds is 1. The molecule has 2 aromatic carbocycles. The summed E-state index contributed by atoms with van der Waals surface area (Å²) >= 11 is 5.15. The second-order valence-corrected chi connectivity index (χ2v) is 6.10. The fourth-order valence-electron chi connectivity index (χ4n) is 2.29. The minimum absolute atomic E-state index is 0. The first kappa shape index (κ1) is 13.6. The lowest BCUT2D eigenvalue weighted by Gasteiger charge is -2.01. The number of para-hydroxylation sites is 2.